The highest BCUT2D eigenvalue weighted by Gasteiger charge is 2.25. The zero-order chi connectivity index (χ0) is 15.4. The molecular formula is C17H31N3S. The van der Waals surface area contributed by atoms with E-state index < -0.39 is 0 Å². The molecule has 1 aromatic heterocycles. The molecule has 0 spiro atoms. The largest absolute Gasteiger partial charge is 0.348 e. The summed E-state index contributed by atoms with van der Waals surface area (Å²) in [5.41, 5.74) is 1.32. The van der Waals surface area contributed by atoms with Crippen molar-refractivity contribution in [2.24, 2.45) is 11.8 Å². The molecule has 4 heteroatoms. The molecule has 0 saturated carbocycles. The number of thiazole rings is 1. The van der Waals surface area contributed by atoms with E-state index in [2.05, 4.69) is 44.8 Å². The third-order valence-corrected chi connectivity index (χ3v) is 5.60. The summed E-state index contributed by atoms with van der Waals surface area (Å²) in [6.45, 7) is 15.8. The Morgan fingerprint density at radius 2 is 1.95 bits per heavy atom. The maximum absolute atomic E-state index is 5.03. The number of nitrogens with zero attached hydrogens (tertiary/aromatic N) is 2. The molecule has 1 fully saturated rings. The van der Waals surface area contributed by atoms with Crippen LogP contribution < -0.4 is 10.2 Å². The van der Waals surface area contributed by atoms with Gasteiger partial charge in [-0.1, -0.05) is 34.6 Å². The number of piperidine rings is 1. The topological polar surface area (TPSA) is 28.2 Å². The van der Waals surface area contributed by atoms with Crippen molar-refractivity contribution in [2.75, 3.05) is 24.5 Å². The molecule has 1 N–H and O–H groups in total. The van der Waals surface area contributed by atoms with Crippen molar-refractivity contribution in [2.45, 2.75) is 59.9 Å². The molecule has 2 heterocycles. The summed E-state index contributed by atoms with van der Waals surface area (Å²) in [4.78, 5) is 8.99. The van der Waals surface area contributed by atoms with Crippen molar-refractivity contribution in [3.8, 4) is 0 Å². The van der Waals surface area contributed by atoms with Crippen molar-refractivity contribution < 1.29 is 0 Å². The molecule has 3 unspecified atom stereocenters. The van der Waals surface area contributed by atoms with Crippen LogP contribution in [0.5, 0.6) is 0 Å². The number of hydrogen-bond acceptors (Lipinski definition) is 4. The molecule has 0 radical (unpaired) electrons. The van der Waals surface area contributed by atoms with Crippen LogP contribution in [0.25, 0.3) is 0 Å². The molecule has 1 saturated heterocycles. The van der Waals surface area contributed by atoms with Crippen LogP contribution in [0.1, 0.15) is 63.9 Å². The van der Waals surface area contributed by atoms with Gasteiger partial charge in [-0.05, 0) is 37.1 Å². The first-order valence-corrected chi connectivity index (χ1v) is 9.31. The second kappa shape index (κ2) is 7.59. The summed E-state index contributed by atoms with van der Waals surface area (Å²) >= 11 is 1.91. The lowest BCUT2D eigenvalue weighted by atomic mass is 9.92. The third-order valence-electron chi connectivity index (χ3n) is 4.47. The molecule has 1 aliphatic heterocycles. The first kappa shape index (κ1) is 16.8. The third kappa shape index (κ3) is 4.19. The smallest absolute Gasteiger partial charge is 0.185 e. The lowest BCUT2D eigenvalue weighted by Crippen LogP contribution is -2.38. The van der Waals surface area contributed by atoms with E-state index in [1.165, 1.54) is 35.2 Å². The Hall–Kier alpha value is -0.610. The normalized spacial score (nSPS) is 24.3. The van der Waals surface area contributed by atoms with E-state index in [0.717, 1.165) is 31.3 Å². The Bertz CT molecular complexity index is 433. The Balaban J connectivity index is 2.21. The van der Waals surface area contributed by atoms with Gasteiger partial charge in [-0.25, -0.2) is 4.98 Å². The highest BCUT2D eigenvalue weighted by molar-refractivity contribution is 7.15. The highest BCUT2D eigenvalue weighted by atomic mass is 32.1. The van der Waals surface area contributed by atoms with Gasteiger partial charge in [0, 0.05) is 24.5 Å². The minimum Gasteiger partial charge on any atom is -0.348 e. The van der Waals surface area contributed by atoms with Crippen LogP contribution in [-0.4, -0.2) is 24.6 Å². The van der Waals surface area contributed by atoms with Crippen molar-refractivity contribution in [3.63, 3.8) is 0 Å². The first-order chi connectivity index (χ1) is 10.0. The summed E-state index contributed by atoms with van der Waals surface area (Å²) in [6, 6.07) is 0. The first-order valence-electron chi connectivity index (χ1n) is 8.50. The molecule has 1 aromatic rings. The van der Waals surface area contributed by atoms with Gasteiger partial charge in [-0.3, -0.25) is 0 Å². The number of aromatic nitrogens is 1. The number of rotatable bonds is 6. The summed E-state index contributed by atoms with van der Waals surface area (Å²) in [6.07, 6.45) is 2.51. The molecular weight excluding hydrogens is 278 g/mol. The molecule has 0 amide bonds. The van der Waals surface area contributed by atoms with Crippen molar-refractivity contribution in [1.29, 1.82) is 0 Å². The van der Waals surface area contributed by atoms with Gasteiger partial charge in [-0.2, -0.15) is 0 Å². The zero-order valence-electron chi connectivity index (χ0n) is 14.3. The van der Waals surface area contributed by atoms with Crippen LogP contribution >= 0.6 is 11.3 Å². The Morgan fingerprint density at radius 1 is 1.29 bits per heavy atom. The average molecular weight is 310 g/mol. The maximum atomic E-state index is 5.03. The number of hydrogen-bond donors (Lipinski definition) is 1. The maximum Gasteiger partial charge on any atom is 0.185 e. The predicted molar refractivity (Wildman–Crippen MR) is 93.4 cm³/mol. The van der Waals surface area contributed by atoms with E-state index in [-0.39, 0.29) is 0 Å². The van der Waals surface area contributed by atoms with E-state index in [1.807, 2.05) is 11.3 Å². The van der Waals surface area contributed by atoms with E-state index in [4.69, 9.17) is 4.98 Å². The van der Waals surface area contributed by atoms with Gasteiger partial charge in [0.2, 0.25) is 0 Å². The van der Waals surface area contributed by atoms with Crippen molar-refractivity contribution in [1.82, 2.24) is 10.3 Å². The van der Waals surface area contributed by atoms with Crippen LogP contribution in [0.4, 0.5) is 5.13 Å². The fourth-order valence-corrected chi connectivity index (χ4v) is 4.42. The predicted octanol–water partition coefficient (Wildman–Crippen LogP) is 4.25. The van der Waals surface area contributed by atoms with Crippen LogP contribution in [0.15, 0.2) is 0 Å². The van der Waals surface area contributed by atoms with Crippen LogP contribution in [0.3, 0.4) is 0 Å². The SMILES string of the molecule is CCNCc1sc(N2CC(C)CC(C)C2)nc1C(C)CC. The Morgan fingerprint density at radius 3 is 2.52 bits per heavy atom. The van der Waals surface area contributed by atoms with Gasteiger partial charge < -0.3 is 10.2 Å². The fraction of sp³-hybridized carbons (Fsp3) is 0.824. The molecule has 120 valence electrons. The summed E-state index contributed by atoms with van der Waals surface area (Å²) in [5, 5.41) is 4.72. The lowest BCUT2D eigenvalue weighted by Gasteiger charge is -2.34. The van der Waals surface area contributed by atoms with E-state index in [9.17, 15) is 0 Å². The zero-order valence-corrected chi connectivity index (χ0v) is 15.1. The van der Waals surface area contributed by atoms with Gasteiger partial charge in [0.1, 0.15) is 0 Å². The standard InChI is InChI=1S/C17H31N3S/c1-6-14(5)16-15(9-18-7-2)21-17(19-16)20-10-12(3)8-13(4)11-20/h12-14,18H,6-11H2,1-5H3. The minimum absolute atomic E-state index is 0.559. The molecule has 0 aromatic carbocycles. The molecule has 1 aliphatic rings. The van der Waals surface area contributed by atoms with Gasteiger partial charge in [0.25, 0.3) is 0 Å². The van der Waals surface area contributed by atoms with Crippen LogP contribution in [-0.2, 0) is 6.54 Å². The van der Waals surface area contributed by atoms with Gasteiger partial charge in [-0.15, -0.1) is 11.3 Å². The molecule has 3 atom stereocenters. The number of anilines is 1. The molecule has 21 heavy (non-hydrogen) atoms. The second-order valence-electron chi connectivity index (χ2n) is 6.75. The lowest BCUT2D eigenvalue weighted by molar-refractivity contribution is 0.356. The van der Waals surface area contributed by atoms with Crippen molar-refractivity contribution in [3.05, 3.63) is 10.6 Å². The summed E-state index contributed by atoms with van der Waals surface area (Å²) < 4.78 is 0. The second-order valence-corrected chi connectivity index (χ2v) is 7.81. The molecule has 2 rings (SSSR count). The van der Waals surface area contributed by atoms with E-state index in [0.29, 0.717) is 5.92 Å². The Kier molecular flexibility index (Phi) is 6.06. The molecule has 3 nitrogen and oxygen atoms in total. The van der Waals surface area contributed by atoms with Crippen LogP contribution in [0, 0.1) is 11.8 Å². The highest BCUT2D eigenvalue weighted by Crippen LogP contribution is 2.34. The summed E-state index contributed by atoms with van der Waals surface area (Å²) in [7, 11) is 0. The monoisotopic (exact) mass is 309 g/mol. The van der Waals surface area contributed by atoms with Gasteiger partial charge in [0.05, 0.1) is 5.69 Å². The minimum atomic E-state index is 0.559. The molecule has 0 bridgehead atoms. The summed E-state index contributed by atoms with van der Waals surface area (Å²) in [5.74, 6) is 2.12. The van der Waals surface area contributed by atoms with Crippen molar-refractivity contribution >= 4 is 16.5 Å². The Labute approximate surface area is 134 Å². The van der Waals surface area contributed by atoms with Crippen LogP contribution in [0.2, 0.25) is 0 Å². The van der Waals surface area contributed by atoms with Gasteiger partial charge in [0.15, 0.2) is 5.13 Å². The average Bonchev–Trinajstić information content (AvgIpc) is 2.87. The van der Waals surface area contributed by atoms with E-state index in [1.54, 1.807) is 0 Å². The quantitative estimate of drug-likeness (QED) is 0.851. The fourth-order valence-electron chi connectivity index (χ4n) is 3.25. The molecule has 0 aliphatic carbocycles. The number of nitrogens with one attached hydrogen (secondary N) is 1. The van der Waals surface area contributed by atoms with E-state index >= 15 is 0 Å². The van der Waals surface area contributed by atoms with Gasteiger partial charge >= 0.3 is 0 Å².